The van der Waals surface area contributed by atoms with Gasteiger partial charge in [-0.15, -0.1) is 0 Å². The highest BCUT2D eigenvalue weighted by Crippen LogP contribution is 2.43. The number of halogens is 4. The second kappa shape index (κ2) is 8.38. The van der Waals surface area contributed by atoms with Crippen LogP contribution in [0.1, 0.15) is 40.1 Å². The lowest BCUT2D eigenvalue weighted by molar-refractivity contribution is -0.173. The first-order valence-electron chi connectivity index (χ1n) is 9.80. The fourth-order valence-corrected chi connectivity index (χ4v) is 3.90. The van der Waals surface area contributed by atoms with Gasteiger partial charge in [-0.2, -0.15) is 18.3 Å². The molecular formula is C22H20ClF3N4O2. The van der Waals surface area contributed by atoms with Crippen LogP contribution in [0.15, 0.2) is 48.5 Å². The van der Waals surface area contributed by atoms with Gasteiger partial charge in [0.2, 0.25) is 0 Å². The summed E-state index contributed by atoms with van der Waals surface area (Å²) < 4.78 is 47.4. The molecule has 3 aromatic rings. The third-order valence-electron chi connectivity index (χ3n) is 5.31. The van der Waals surface area contributed by atoms with E-state index < -0.39 is 24.2 Å². The highest BCUT2D eigenvalue weighted by molar-refractivity contribution is 6.32. The number of fused-ring (bicyclic) bond motifs is 1. The summed E-state index contributed by atoms with van der Waals surface area (Å²) >= 11 is 6.06. The quantitative estimate of drug-likeness (QED) is 0.514. The van der Waals surface area contributed by atoms with Crippen molar-refractivity contribution in [1.82, 2.24) is 9.78 Å². The Bertz CT molecular complexity index is 1150. The fraction of sp³-hybridized carbons (Fsp3) is 0.273. The van der Waals surface area contributed by atoms with Crippen molar-refractivity contribution in [1.29, 1.82) is 0 Å². The number of benzene rings is 2. The number of ether oxygens (including phenoxy) is 1. The van der Waals surface area contributed by atoms with Crippen LogP contribution < -0.4 is 15.4 Å². The van der Waals surface area contributed by atoms with Crippen molar-refractivity contribution in [2.24, 2.45) is 0 Å². The second-order valence-electron chi connectivity index (χ2n) is 7.56. The molecule has 2 atom stereocenters. The molecule has 1 aromatic heterocycles. The summed E-state index contributed by atoms with van der Waals surface area (Å²) in [4.78, 5) is 12.7. The van der Waals surface area contributed by atoms with Crippen LogP contribution >= 0.6 is 11.6 Å². The summed E-state index contributed by atoms with van der Waals surface area (Å²) in [5, 5.41) is 9.92. The number of rotatable bonds is 4. The Kier molecular flexibility index (Phi) is 5.77. The first-order chi connectivity index (χ1) is 15.2. The predicted molar refractivity (Wildman–Crippen MR) is 115 cm³/mol. The highest BCUT2D eigenvalue weighted by atomic mass is 35.5. The van der Waals surface area contributed by atoms with E-state index in [-0.39, 0.29) is 23.0 Å². The normalized spacial score (nSPS) is 17.9. The number of methoxy groups -OCH3 is 1. The van der Waals surface area contributed by atoms with E-state index in [1.54, 1.807) is 24.3 Å². The number of carbonyl (C=O) groups excluding carboxylic acids is 1. The molecule has 0 spiro atoms. The number of anilines is 2. The Morgan fingerprint density at radius 3 is 2.56 bits per heavy atom. The maximum Gasteiger partial charge on any atom is 0.410 e. The van der Waals surface area contributed by atoms with E-state index in [1.807, 2.05) is 19.1 Å². The number of hydrogen-bond donors (Lipinski definition) is 2. The predicted octanol–water partition coefficient (Wildman–Crippen LogP) is 5.77. The average Bonchev–Trinajstić information content (AvgIpc) is 3.17. The van der Waals surface area contributed by atoms with Gasteiger partial charge in [-0.3, -0.25) is 4.79 Å². The molecule has 1 aliphatic rings. The van der Waals surface area contributed by atoms with Gasteiger partial charge in [0, 0.05) is 18.2 Å². The average molecular weight is 465 g/mol. The van der Waals surface area contributed by atoms with E-state index in [2.05, 4.69) is 15.7 Å². The first-order valence-corrected chi connectivity index (χ1v) is 10.2. The van der Waals surface area contributed by atoms with Crippen molar-refractivity contribution in [2.45, 2.75) is 31.6 Å². The van der Waals surface area contributed by atoms with Gasteiger partial charge in [-0.25, -0.2) is 4.68 Å². The Labute approximate surface area is 187 Å². The molecule has 1 amide bonds. The molecule has 0 radical (unpaired) electrons. The van der Waals surface area contributed by atoms with Crippen molar-refractivity contribution in [3.05, 3.63) is 70.4 Å². The number of hydrogen-bond acceptors (Lipinski definition) is 4. The van der Waals surface area contributed by atoms with Crippen LogP contribution in [0.4, 0.5) is 24.7 Å². The lowest BCUT2D eigenvalue weighted by Gasteiger charge is -2.33. The molecule has 0 fully saturated rings. The molecule has 0 bridgehead atoms. The zero-order valence-corrected chi connectivity index (χ0v) is 18.0. The molecule has 0 saturated heterocycles. The first kappa shape index (κ1) is 22.0. The molecule has 2 aromatic carbocycles. The van der Waals surface area contributed by atoms with Crippen molar-refractivity contribution in [3.8, 4) is 5.75 Å². The Morgan fingerprint density at radius 2 is 1.94 bits per heavy atom. The summed E-state index contributed by atoms with van der Waals surface area (Å²) in [5.41, 5.74) is 1.97. The summed E-state index contributed by atoms with van der Waals surface area (Å²) in [6.45, 7) is 1.91. The third-order valence-corrected chi connectivity index (χ3v) is 5.61. The van der Waals surface area contributed by atoms with Crippen LogP contribution in [-0.4, -0.2) is 29.0 Å². The van der Waals surface area contributed by atoms with Crippen molar-refractivity contribution in [2.75, 3.05) is 17.7 Å². The van der Waals surface area contributed by atoms with E-state index >= 15 is 0 Å². The molecule has 32 heavy (non-hydrogen) atoms. The Morgan fingerprint density at radius 1 is 1.22 bits per heavy atom. The molecule has 168 valence electrons. The molecule has 10 heteroatoms. The van der Waals surface area contributed by atoms with Gasteiger partial charge in [0.05, 0.1) is 18.2 Å². The summed E-state index contributed by atoms with van der Waals surface area (Å²) in [7, 11) is 1.46. The zero-order chi connectivity index (χ0) is 23.0. The highest BCUT2D eigenvalue weighted by Gasteiger charge is 2.46. The van der Waals surface area contributed by atoms with Gasteiger partial charge in [-0.1, -0.05) is 41.4 Å². The monoisotopic (exact) mass is 464 g/mol. The maximum absolute atomic E-state index is 13.8. The lowest BCUT2D eigenvalue weighted by Crippen LogP contribution is -2.35. The number of amides is 1. The number of aromatic nitrogens is 2. The summed E-state index contributed by atoms with van der Waals surface area (Å²) in [5.74, 6) is -0.0914. The zero-order valence-electron chi connectivity index (χ0n) is 17.2. The number of nitrogens with zero attached hydrogens (tertiary/aromatic N) is 2. The molecule has 2 N–H and O–H groups in total. The van der Waals surface area contributed by atoms with Crippen molar-refractivity contribution >= 4 is 29.0 Å². The number of carbonyl (C=O) groups is 1. The minimum Gasteiger partial charge on any atom is -0.495 e. The van der Waals surface area contributed by atoms with Crippen molar-refractivity contribution in [3.63, 3.8) is 0 Å². The van der Waals surface area contributed by atoms with E-state index in [9.17, 15) is 18.0 Å². The topological polar surface area (TPSA) is 68.2 Å². The summed E-state index contributed by atoms with van der Waals surface area (Å²) in [6, 6.07) is 10.8. The van der Waals surface area contributed by atoms with Crippen LogP contribution in [0.25, 0.3) is 0 Å². The summed E-state index contributed by atoms with van der Waals surface area (Å²) in [6.07, 6.45) is -4.76. The Hall–Kier alpha value is -3.20. The van der Waals surface area contributed by atoms with Gasteiger partial charge < -0.3 is 15.4 Å². The van der Waals surface area contributed by atoms with E-state index in [0.29, 0.717) is 11.4 Å². The molecule has 0 saturated carbocycles. The van der Waals surface area contributed by atoms with E-state index in [0.717, 1.165) is 15.8 Å². The molecule has 4 rings (SSSR count). The SMILES string of the molecule is COc1ccc(NC(=O)c2cc3n(n2)[C@H](C(F)(F)F)C[C@@H](c2ccc(C)cc2)N3)cc1Cl. The van der Waals surface area contributed by atoms with Crippen LogP contribution in [0.2, 0.25) is 5.02 Å². The fourth-order valence-electron chi connectivity index (χ4n) is 3.64. The van der Waals surface area contributed by atoms with E-state index in [1.165, 1.54) is 19.2 Å². The number of aryl methyl sites for hydroxylation is 1. The minimum absolute atomic E-state index is 0.127. The third kappa shape index (κ3) is 4.38. The maximum atomic E-state index is 13.8. The van der Waals surface area contributed by atoms with Gasteiger partial charge in [0.1, 0.15) is 11.6 Å². The van der Waals surface area contributed by atoms with Gasteiger partial charge >= 0.3 is 6.18 Å². The molecule has 0 unspecified atom stereocenters. The molecule has 1 aliphatic heterocycles. The molecular weight excluding hydrogens is 445 g/mol. The largest absolute Gasteiger partial charge is 0.495 e. The smallest absolute Gasteiger partial charge is 0.410 e. The molecule has 0 aliphatic carbocycles. The second-order valence-corrected chi connectivity index (χ2v) is 7.97. The van der Waals surface area contributed by atoms with Gasteiger partial charge in [0.25, 0.3) is 5.91 Å². The van der Waals surface area contributed by atoms with Crippen LogP contribution in [-0.2, 0) is 0 Å². The standard InChI is InChI=1S/C22H20ClF3N4O2/c1-12-3-5-13(6-4-12)16-10-19(22(24,25)26)30-20(28-16)11-17(29-30)21(31)27-14-7-8-18(32-2)15(23)9-14/h3-9,11,16,19,28H,10H2,1-2H3,(H,27,31)/t16-,19-/m0/s1. The van der Waals surface area contributed by atoms with Gasteiger partial charge in [-0.05, 0) is 30.7 Å². The minimum atomic E-state index is -4.52. The number of alkyl halides is 3. The van der Waals surface area contributed by atoms with E-state index in [4.69, 9.17) is 16.3 Å². The van der Waals surface area contributed by atoms with Gasteiger partial charge in [0.15, 0.2) is 11.7 Å². The van der Waals surface area contributed by atoms with Crippen LogP contribution in [0.5, 0.6) is 5.75 Å². The van der Waals surface area contributed by atoms with Crippen LogP contribution in [0, 0.1) is 6.92 Å². The Balaban J connectivity index is 1.62. The molecule has 2 heterocycles. The van der Waals surface area contributed by atoms with Crippen LogP contribution in [0.3, 0.4) is 0 Å². The lowest BCUT2D eigenvalue weighted by atomic mass is 9.96. The van der Waals surface area contributed by atoms with Crippen molar-refractivity contribution < 1.29 is 22.7 Å². The molecule has 6 nitrogen and oxygen atoms in total. The number of nitrogens with one attached hydrogen (secondary N) is 2.